The fraction of sp³-hybridized carbons (Fsp3) is 0.389. The Morgan fingerprint density at radius 2 is 1.85 bits per heavy atom. The first-order chi connectivity index (χ1) is 12.5. The van der Waals surface area contributed by atoms with E-state index in [9.17, 15) is 18.3 Å². The number of anilines is 1. The molecule has 0 bridgehead atoms. The van der Waals surface area contributed by atoms with Crippen LogP contribution in [0.5, 0.6) is 0 Å². The third kappa shape index (κ3) is 4.54. The number of alkyl halides is 3. The number of aryl methyl sites for hydroxylation is 1. The Balaban J connectivity index is 1.94. The fourth-order valence-electron chi connectivity index (χ4n) is 2.91. The van der Waals surface area contributed by atoms with Crippen molar-refractivity contribution in [3.05, 3.63) is 53.5 Å². The summed E-state index contributed by atoms with van der Waals surface area (Å²) in [5.74, 6) is 0.981. The highest BCUT2D eigenvalue weighted by atomic mass is 19.4. The average molecular weight is 379 g/mol. The molecule has 9 heteroatoms. The molecular weight excluding hydrogens is 359 g/mol. The quantitative estimate of drug-likeness (QED) is 0.710. The summed E-state index contributed by atoms with van der Waals surface area (Å²) in [6.45, 7) is 5.06. The highest BCUT2D eigenvalue weighted by Gasteiger charge is 2.31. The van der Waals surface area contributed by atoms with Crippen LogP contribution in [0.15, 0.2) is 36.7 Å². The number of rotatable bonds is 5. The second-order valence-electron chi connectivity index (χ2n) is 7.02. The Morgan fingerprint density at radius 1 is 1.19 bits per heavy atom. The molecule has 0 spiro atoms. The first kappa shape index (κ1) is 19.1. The van der Waals surface area contributed by atoms with Crippen molar-refractivity contribution in [2.45, 2.75) is 45.0 Å². The van der Waals surface area contributed by atoms with Gasteiger partial charge in [-0.3, -0.25) is 0 Å². The molecule has 3 aromatic rings. The van der Waals surface area contributed by atoms with Crippen molar-refractivity contribution in [2.75, 3.05) is 5.32 Å². The van der Waals surface area contributed by atoms with Crippen LogP contribution in [0.2, 0.25) is 0 Å². The molecule has 0 radical (unpaired) electrons. The van der Waals surface area contributed by atoms with Gasteiger partial charge in [-0.25, -0.2) is 4.98 Å². The summed E-state index contributed by atoms with van der Waals surface area (Å²) < 4.78 is 39.2. The van der Waals surface area contributed by atoms with Crippen LogP contribution in [0.4, 0.5) is 19.0 Å². The molecule has 0 aliphatic carbocycles. The van der Waals surface area contributed by atoms with E-state index in [1.54, 1.807) is 32.0 Å². The van der Waals surface area contributed by atoms with Crippen molar-refractivity contribution in [1.29, 1.82) is 0 Å². The van der Waals surface area contributed by atoms with E-state index >= 15 is 0 Å². The van der Waals surface area contributed by atoms with Crippen LogP contribution in [0, 0.1) is 6.92 Å². The van der Waals surface area contributed by atoms with E-state index in [1.165, 1.54) is 23.0 Å². The van der Waals surface area contributed by atoms with E-state index < -0.39 is 24.2 Å². The van der Waals surface area contributed by atoms with Gasteiger partial charge in [-0.2, -0.15) is 27.8 Å². The van der Waals surface area contributed by atoms with Gasteiger partial charge >= 0.3 is 6.18 Å². The molecule has 1 aromatic carbocycles. The summed E-state index contributed by atoms with van der Waals surface area (Å²) in [6, 6.07) is 7.19. The maximum Gasteiger partial charge on any atom is 0.393 e. The lowest BCUT2D eigenvalue weighted by Gasteiger charge is -2.31. The molecular formula is C18H20F3N5O. The SMILES string of the molecule is Cc1cc(N[C@H](c2ccc(CC(F)(F)F)cc2)C(C)(C)O)n2ncnc2n1. The summed E-state index contributed by atoms with van der Waals surface area (Å²) in [5.41, 5.74) is 0.332. The normalized spacial score (nSPS) is 13.7. The van der Waals surface area contributed by atoms with E-state index in [1.807, 2.05) is 6.92 Å². The van der Waals surface area contributed by atoms with Gasteiger partial charge in [0.05, 0.1) is 18.1 Å². The summed E-state index contributed by atoms with van der Waals surface area (Å²) in [6.07, 6.45) is -3.88. The lowest BCUT2D eigenvalue weighted by atomic mass is 9.91. The average Bonchev–Trinajstić information content (AvgIpc) is 2.99. The maximum absolute atomic E-state index is 12.6. The van der Waals surface area contributed by atoms with Gasteiger partial charge in [-0.1, -0.05) is 24.3 Å². The largest absolute Gasteiger partial charge is 0.393 e. The number of aliphatic hydroxyl groups is 1. The minimum Gasteiger partial charge on any atom is -0.388 e. The molecule has 1 atom stereocenters. The standard InChI is InChI=1S/C18H20F3N5O/c1-11-8-14(26-16(24-11)22-10-23-26)25-15(17(2,3)27)13-6-4-12(5-7-13)9-18(19,20)21/h4-8,10,15,25,27H,9H2,1-3H3/t15-/m1/s1. The Bertz CT molecular complexity index is 929. The Labute approximate surface area is 154 Å². The number of fused-ring (bicyclic) bond motifs is 1. The Kier molecular flexibility index (Phi) is 4.81. The molecule has 0 fully saturated rings. The summed E-state index contributed by atoms with van der Waals surface area (Å²) >= 11 is 0. The molecule has 3 rings (SSSR count). The van der Waals surface area contributed by atoms with Crippen LogP contribution < -0.4 is 5.32 Å². The minimum atomic E-state index is -4.26. The number of hydrogen-bond acceptors (Lipinski definition) is 5. The molecule has 0 aliphatic rings. The molecule has 144 valence electrons. The van der Waals surface area contributed by atoms with Gasteiger partial charge in [0.1, 0.15) is 12.1 Å². The van der Waals surface area contributed by atoms with Crippen LogP contribution in [-0.2, 0) is 6.42 Å². The van der Waals surface area contributed by atoms with Gasteiger partial charge in [0.2, 0.25) is 0 Å². The van der Waals surface area contributed by atoms with E-state index in [2.05, 4.69) is 20.4 Å². The maximum atomic E-state index is 12.6. The smallest absolute Gasteiger partial charge is 0.388 e. The van der Waals surface area contributed by atoms with E-state index in [0.717, 1.165) is 0 Å². The van der Waals surface area contributed by atoms with Crippen molar-refractivity contribution in [3.63, 3.8) is 0 Å². The van der Waals surface area contributed by atoms with Crippen LogP contribution >= 0.6 is 0 Å². The molecule has 6 nitrogen and oxygen atoms in total. The summed E-state index contributed by atoms with van der Waals surface area (Å²) in [5, 5.41) is 18.0. The highest BCUT2D eigenvalue weighted by Crippen LogP contribution is 2.31. The highest BCUT2D eigenvalue weighted by molar-refractivity contribution is 5.47. The number of halogens is 3. The second kappa shape index (κ2) is 6.80. The molecule has 0 amide bonds. The Hall–Kier alpha value is -2.68. The van der Waals surface area contributed by atoms with Crippen molar-refractivity contribution in [3.8, 4) is 0 Å². The molecule has 0 saturated heterocycles. The minimum absolute atomic E-state index is 0.166. The van der Waals surface area contributed by atoms with Gasteiger partial charge in [0, 0.05) is 11.8 Å². The van der Waals surface area contributed by atoms with Crippen LogP contribution in [0.3, 0.4) is 0 Å². The zero-order chi connectivity index (χ0) is 19.8. The molecule has 0 saturated carbocycles. The second-order valence-corrected chi connectivity index (χ2v) is 7.02. The van der Waals surface area contributed by atoms with Gasteiger partial charge in [-0.15, -0.1) is 0 Å². The van der Waals surface area contributed by atoms with E-state index in [-0.39, 0.29) is 5.56 Å². The van der Waals surface area contributed by atoms with Crippen molar-refractivity contribution < 1.29 is 18.3 Å². The molecule has 0 unspecified atom stereocenters. The molecule has 27 heavy (non-hydrogen) atoms. The van der Waals surface area contributed by atoms with Crippen LogP contribution in [0.25, 0.3) is 5.78 Å². The van der Waals surface area contributed by atoms with E-state index in [0.29, 0.717) is 22.9 Å². The third-order valence-corrected chi connectivity index (χ3v) is 4.10. The first-order valence-corrected chi connectivity index (χ1v) is 8.35. The number of aromatic nitrogens is 4. The topological polar surface area (TPSA) is 75.3 Å². The number of nitrogens with zero attached hydrogens (tertiary/aromatic N) is 4. The first-order valence-electron chi connectivity index (χ1n) is 8.35. The monoisotopic (exact) mass is 379 g/mol. The third-order valence-electron chi connectivity index (χ3n) is 4.10. The van der Waals surface area contributed by atoms with Crippen LogP contribution in [0.1, 0.15) is 36.7 Å². The molecule has 0 aliphatic heterocycles. The number of nitrogens with one attached hydrogen (secondary N) is 1. The number of benzene rings is 1. The Morgan fingerprint density at radius 3 is 2.44 bits per heavy atom. The zero-order valence-electron chi connectivity index (χ0n) is 15.1. The van der Waals surface area contributed by atoms with Crippen LogP contribution in [-0.4, -0.2) is 36.5 Å². The molecule has 2 heterocycles. The van der Waals surface area contributed by atoms with Gasteiger partial charge in [0.15, 0.2) is 0 Å². The summed E-state index contributed by atoms with van der Waals surface area (Å²) in [7, 11) is 0. The van der Waals surface area contributed by atoms with Crippen molar-refractivity contribution in [1.82, 2.24) is 19.6 Å². The van der Waals surface area contributed by atoms with E-state index in [4.69, 9.17) is 0 Å². The predicted octanol–water partition coefficient (Wildman–Crippen LogP) is 3.46. The predicted molar refractivity (Wildman–Crippen MR) is 94.4 cm³/mol. The zero-order valence-corrected chi connectivity index (χ0v) is 15.1. The van der Waals surface area contributed by atoms with Gasteiger partial charge in [0.25, 0.3) is 5.78 Å². The summed E-state index contributed by atoms with van der Waals surface area (Å²) in [4.78, 5) is 8.32. The van der Waals surface area contributed by atoms with Gasteiger partial charge in [-0.05, 0) is 31.9 Å². The molecule has 2 N–H and O–H groups in total. The van der Waals surface area contributed by atoms with Crippen molar-refractivity contribution >= 4 is 11.6 Å². The van der Waals surface area contributed by atoms with Crippen molar-refractivity contribution in [2.24, 2.45) is 0 Å². The lowest BCUT2D eigenvalue weighted by molar-refractivity contribution is -0.127. The number of hydrogen-bond donors (Lipinski definition) is 2. The molecule has 2 aromatic heterocycles. The lowest BCUT2D eigenvalue weighted by Crippen LogP contribution is -2.35. The fourth-order valence-corrected chi connectivity index (χ4v) is 2.91. The van der Waals surface area contributed by atoms with Gasteiger partial charge < -0.3 is 10.4 Å².